The maximum Gasteiger partial charge on any atom is 0.244 e. The normalized spacial score (nSPS) is 13.4. The number of amides is 1. The SMILES string of the molecule is CC(C(=O)NCC(C)(C)CCO)n1cccn1. The van der Waals surface area contributed by atoms with E-state index in [4.69, 9.17) is 5.11 Å². The lowest BCUT2D eigenvalue weighted by Gasteiger charge is -2.24. The summed E-state index contributed by atoms with van der Waals surface area (Å²) < 4.78 is 1.62. The lowest BCUT2D eigenvalue weighted by Crippen LogP contribution is -2.38. The molecule has 1 aromatic heterocycles. The minimum absolute atomic E-state index is 0.0558. The maximum absolute atomic E-state index is 11.9. The van der Waals surface area contributed by atoms with Gasteiger partial charge in [-0.3, -0.25) is 9.48 Å². The number of nitrogens with zero attached hydrogens (tertiary/aromatic N) is 2. The highest BCUT2D eigenvalue weighted by molar-refractivity contribution is 5.79. The van der Waals surface area contributed by atoms with Crippen molar-refractivity contribution < 1.29 is 9.90 Å². The van der Waals surface area contributed by atoms with Crippen LogP contribution < -0.4 is 5.32 Å². The predicted molar refractivity (Wildman–Crippen MR) is 65.4 cm³/mol. The molecule has 0 spiro atoms. The molecule has 0 radical (unpaired) electrons. The first-order valence-electron chi connectivity index (χ1n) is 5.84. The third-order valence-electron chi connectivity index (χ3n) is 2.83. The Hall–Kier alpha value is -1.36. The van der Waals surface area contributed by atoms with Crippen molar-refractivity contribution in [1.82, 2.24) is 15.1 Å². The summed E-state index contributed by atoms with van der Waals surface area (Å²) in [5, 5.41) is 15.8. The standard InChI is InChI=1S/C12H21N3O2/c1-10(15-7-4-6-14-15)11(17)13-9-12(2,3)5-8-16/h4,6-7,10,16H,5,8-9H2,1-3H3,(H,13,17). The monoisotopic (exact) mass is 239 g/mol. The largest absolute Gasteiger partial charge is 0.396 e. The number of aromatic nitrogens is 2. The van der Waals surface area contributed by atoms with Crippen LogP contribution >= 0.6 is 0 Å². The second-order valence-electron chi connectivity index (χ2n) is 5.02. The van der Waals surface area contributed by atoms with Gasteiger partial charge in [0.1, 0.15) is 6.04 Å². The first-order valence-corrected chi connectivity index (χ1v) is 5.84. The van der Waals surface area contributed by atoms with E-state index in [2.05, 4.69) is 10.4 Å². The van der Waals surface area contributed by atoms with Crippen LogP contribution in [0.2, 0.25) is 0 Å². The van der Waals surface area contributed by atoms with Crippen LogP contribution in [0.1, 0.15) is 33.2 Å². The highest BCUT2D eigenvalue weighted by atomic mass is 16.3. The third-order valence-corrected chi connectivity index (χ3v) is 2.83. The molecule has 17 heavy (non-hydrogen) atoms. The smallest absolute Gasteiger partial charge is 0.244 e. The second-order valence-corrected chi connectivity index (χ2v) is 5.02. The van der Waals surface area contributed by atoms with Crippen molar-refractivity contribution in [2.75, 3.05) is 13.2 Å². The summed E-state index contributed by atoms with van der Waals surface area (Å²) in [6, 6.07) is 1.48. The van der Waals surface area contributed by atoms with Crippen molar-refractivity contribution in [3.63, 3.8) is 0 Å². The summed E-state index contributed by atoms with van der Waals surface area (Å²) in [4.78, 5) is 11.9. The van der Waals surface area contributed by atoms with Crippen LogP contribution in [-0.4, -0.2) is 33.9 Å². The molecule has 0 aliphatic carbocycles. The Kier molecular flexibility index (Phi) is 4.69. The average Bonchev–Trinajstić information content (AvgIpc) is 2.78. The fourth-order valence-electron chi connectivity index (χ4n) is 1.50. The Balaban J connectivity index is 2.45. The zero-order valence-corrected chi connectivity index (χ0v) is 10.7. The van der Waals surface area contributed by atoms with Gasteiger partial charge in [0.05, 0.1) is 0 Å². The summed E-state index contributed by atoms with van der Waals surface area (Å²) >= 11 is 0. The van der Waals surface area contributed by atoms with E-state index in [0.717, 1.165) is 0 Å². The van der Waals surface area contributed by atoms with Crippen LogP contribution in [-0.2, 0) is 4.79 Å². The van der Waals surface area contributed by atoms with Crippen molar-refractivity contribution in [2.45, 2.75) is 33.2 Å². The molecular formula is C12H21N3O2. The summed E-state index contributed by atoms with van der Waals surface area (Å²) in [6.45, 7) is 6.53. The second kappa shape index (κ2) is 5.82. The van der Waals surface area contributed by atoms with Gasteiger partial charge in [-0.2, -0.15) is 5.10 Å². The van der Waals surface area contributed by atoms with E-state index in [1.165, 1.54) is 0 Å². The van der Waals surface area contributed by atoms with Gasteiger partial charge >= 0.3 is 0 Å². The Morgan fingerprint density at radius 3 is 2.82 bits per heavy atom. The van der Waals surface area contributed by atoms with Crippen LogP contribution in [0.15, 0.2) is 18.5 Å². The highest BCUT2D eigenvalue weighted by Gasteiger charge is 2.21. The van der Waals surface area contributed by atoms with E-state index in [1.807, 2.05) is 13.8 Å². The van der Waals surface area contributed by atoms with E-state index < -0.39 is 0 Å². The van der Waals surface area contributed by atoms with E-state index in [9.17, 15) is 4.79 Å². The summed E-state index contributed by atoms with van der Waals surface area (Å²) in [7, 11) is 0. The lowest BCUT2D eigenvalue weighted by molar-refractivity contribution is -0.124. The minimum atomic E-state index is -0.310. The van der Waals surface area contributed by atoms with E-state index in [1.54, 1.807) is 30.1 Å². The number of carbonyl (C=O) groups excluding carboxylic acids is 1. The van der Waals surface area contributed by atoms with Gasteiger partial charge in [0, 0.05) is 25.5 Å². The highest BCUT2D eigenvalue weighted by Crippen LogP contribution is 2.18. The molecule has 0 aliphatic rings. The third kappa shape index (κ3) is 4.19. The molecule has 1 heterocycles. The number of nitrogens with one attached hydrogen (secondary N) is 1. The first-order chi connectivity index (χ1) is 7.96. The molecule has 0 aromatic carbocycles. The van der Waals surface area contributed by atoms with Gasteiger partial charge in [-0.05, 0) is 24.8 Å². The van der Waals surface area contributed by atoms with Crippen molar-refractivity contribution in [3.8, 4) is 0 Å². The number of aliphatic hydroxyl groups is 1. The topological polar surface area (TPSA) is 67.2 Å². The van der Waals surface area contributed by atoms with Crippen LogP contribution in [0.5, 0.6) is 0 Å². The van der Waals surface area contributed by atoms with E-state index in [0.29, 0.717) is 13.0 Å². The Morgan fingerprint density at radius 2 is 2.29 bits per heavy atom. The summed E-state index contributed by atoms with van der Waals surface area (Å²) in [5.41, 5.74) is -0.0890. The zero-order valence-electron chi connectivity index (χ0n) is 10.7. The summed E-state index contributed by atoms with van der Waals surface area (Å²) in [6.07, 6.45) is 4.09. The first kappa shape index (κ1) is 13.7. The number of rotatable bonds is 6. The fraction of sp³-hybridized carbons (Fsp3) is 0.667. The van der Waals surface area contributed by atoms with Crippen LogP contribution in [0, 0.1) is 5.41 Å². The molecule has 1 unspecified atom stereocenters. The average molecular weight is 239 g/mol. The molecule has 1 atom stereocenters. The van der Waals surface area contributed by atoms with Crippen LogP contribution in [0.25, 0.3) is 0 Å². The molecule has 5 heteroatoms. The Labute approximate surface area is 102 Å². The number of hydrogen-bond acceptors (Lipinski definition) is 3. The molecule has 0 saturated carbocycles. The van der Waals surface area contributed by atoms with Crippen molar-refractivity contribution in [1.29, 1.82) is 0 Å². The quantitative estimate of drug-likeness (QED) is 0.777. The Morgan fingerprint density at radius 1 is 1.59 bits per heavy atom. The predicted octanol–water partition coefficient (Wildman–Crippen LogP) is 0.969. The van der Waals surface area contributed by atoms with Gasteiger partial charge in [0.15, 0.2) is 0 Å². The molecule has 2 N–H and O–H groups in total. The van der Waals surface area contributed by atoms with Crippen molar-refractivity contribution in [3.05, 3.63) is 18.5 Å². The summed E-state index contributed by atoms with van der Waals surface area (Å²) in [5.74, 6) is -0.0558. The van der Waals surface area contributed by atoms with Gasteiger partial charge in [0.25, 0.3) is 0 Å². The number of aliphatic hydroxyl groups excluding tert-OH is 1. The molecule has 0 fully saturated rings. The van der Waals surface area contributed by atoms with Gasteiger partial charge in [-0.25, -0.2) is 0 Å². The molecule has 1 aromatic rings. The molecule has 1 rings (SSSR count). The number of carbonyl (C=O) groups is 1. The minimum Gasteiger partial charge on any atom is -0.396 e. The van der Waals surface area contributed by atoms with Crippen LogP contribution in [0.4, 0.5) is 0 Å². The molecule has 96 valence electrons. The fourth-order valence-corrected chi connectivity index (χ4v) is 1.50. The molecule has 0 bridgehead atoms. The molecule has 5 nitrogen and oxygen atoms in total. The molecule has 0 aliphatic heterocycles. The van der Waals surface area contributed by atoms with E-state index in [-0.39, 0.29) is 24.0 Å². The van der Waals surface area contributed by atoms with Gasteiger partial charge < -0.3 is 10.4 Å². The number of hydrogen-bond donors (Lipinski definition) is 2. The van der Waals surface area contributed by atoms with Crippen molar-refractivity contribution >= 4 is 5.91 Å². The van der Waals surface area contributed by atoms with Gasteiger partial charge in [-0.15, -0.1) is 0 Å². The lowest BCUT2D eigenvalue weighted by atomic mass is 9.90. The van der Waals surface area contributed by atoms with Gasteiger partial charge in [-0.1, -0.05) is 13.8 Å². The molecule has 1 amide bonds. The van der Waals surface area contributed by atoms with Crippen molar-refractivity contribution in [2.24, 2.45) is 5.41 Å². The maximum atomic E-state index is 11.9. The Bertz CT molecular complexity index is 347. The van der Waals surface area contributed by atoms with Crippen LogP contribution in [0.3, 0.4) is 0 Å². The molecule has 0 saturated heterocycles. The van der Waals surface area contributed by atoms with Gasteiger partial charge in [0.2, 0.25) is 5.91 Å². The zero-order chi connectivity index (χ0) is 12.9. The molecular weight excluding hydrogens is 218 g/mol. The van der Waals surface area contributed by atoms with E-state index >= 15 is 0 Å².